The first-order valence-corrected chi connectivity index (χ1v) is 8.08. The zero-order chi connectivity index (χ0) is 15.4. The molecule has 2 rings (SSSR count). The highest BCUT2D eigenvalue weighted by atomic mass is 79.9. The highest BCUT2D eigenvalue weighted by molar-refractivity contribution is 9.11. The standard InChI is InChI=1S/C16H14Br2FNO/c1-2-20(10-11-4-3-5-15(19)6-11)16(21)12-7-13(17)9-14(18)8-12/h3-9H,2,10H2,1H3. The van der Waals surface area contributed by atoms with Gasteiger partial charge in [0.05, 0.1) is 0 Å². The van der Waals surface area contributed by atoms with E-state index in [-0.39, 0.29) is 11.7 Å². The monoisotopic (exact) mass is 413 g/mol. The molecule has 5 heteroatoms. The molecule has 0 fully saturated rings. The van der Waals surface area contributed by atoms with Crippen molar-refractivity contribution < 1.29 is 9.18 Å². The molecule has 0 N–H and O–H groups in total. The summed E-state index contributed by atoms with van der Waals surface area (Å²) in [7, 11) is 0. The SMILES string of the molecule is CCN(Cc1cccc(F)c1)C(=O)c1cc(Br)cc(Br)c1. The van der Waals surface area contributed by atoms with Gasteiger partial charge < -0.3 is 4.90 Å². The fourth-order valence-corrected chi connectivity index (χ4v) is 3.34. The number of benzene rings is 2. The van der Waals surface area contributed by atoms with Crippen molar-refractivity contribution in [2.24, 2.45) is 0 Å². The Morgan fingerprint density at radius 2 is 1.81 bits per heavy atom. The number of carbonyl (C=O) groups is 1. The molecule has 0 aliphatic rings. The van der Waals surface area contributed by atoms with Crippen LogP contribution in [0.15, 0.2) is 51.4 Å². The summed E-state index contributed by atoms with van der Waals surface area (Å²) in [6, 6.07) is 11.7. The predicted molar refractivity (Wildman–Crippen MR) is 88.7 cm³/mol. The van der Waals surface area contributed by atoms with E-state index in [0.29, 0.717) is 18.7 Å². The van der Waals surface area contributed by atoms with Crippen LogP contribution >= 0.6 is 31.9 Å². The Bertz CT molecular complexity index is 640. The number of hydrogen-bond acceptors (Lipinski definition) is 1. The van der Waals surface area contributed by atoms with Crippen LogP contribution in [-0.2, 0) is 6.54 Å². The van der Waals surface area contributed by atoms with Crippen molar-refractivity contribution >= 4 is 37.8 Å². The molecule has 0 radical (unpaired) electrons. The quantitative estimate of drug-likeness (QED) is 0.688. The molecule has 0 heterocycles. The van der Waals surface area contributed by atoms with Crippen LogP contribution in [0.25, 0.3) is 0 Å². The summed E-state index contributed by atoms with van der Waals surface area (Å²) in [6.45, 7) is 2.85. The first-order chi connectivity index (χ1) is 9.99. The third kappa shape index (κ3) is 4.38. The van der Waals surface area contributed by atoms with Gasteiger partial charge in [-0.15, -0.1) is 0 Å². The highest BCUT2D eigenvalue weighted by Crippen LogP contribution is 2.21. The minimum Gasteiger partial charge on any atom is -0.335 e. The summed E-state index contributed by atoms with van der Waals surface area (Å²) in [6.07, 6.45) is 0. The molecule has 0 unspecified atom stereocenters. The van der Waals surface area contributed by atoms with Gasteiger partial charge in [0.2, 0.25) is 0 Å². The van der Waals surface area contributed by atoms with Crippen molar-refractivity contribution in [2.45, 2.75) is 13.5 Å². The van der Waals surface area contributed by atoms with Gasteiger partial charge in [-0.3, -0.25) is 4.79 Å². The Morgan fingerprint density at radius 3 is 2.38 bits per heavy atom. The molecule has 0 spiro atoms. The molecule has 2 aromatic carbocycles. The zero-order valence-electron chi connectivity index (χ0n) is 11.4. The largest absolute Gasteiger partial charge is 0.335 e. The van der Waals surface area contributed by atoms with E-state index in [0.717, 1.165) is 14.5 Å². The Kier molecular flexibility index (Phi) is 5.53. The molecule has 21 heavy (non-hydrogen) atoms. The molecule has 0 saturated heterocycles. The van der Waals surface area contributed by atoms with E-state index in [1.165, 1.54) is 12.1 Å². The predicted octanol–water partition coefficient (Wildman–Crippen LogP) is 5.01. The van der Waals surface area contributed by atoms with Crippen LogP contribution in [0.1, 0.15) is 22.8 Å². The molecule has 0 aromatic heterocycles. The summed E-state index contributed by atoms with van der Waals surface area (Å²) in [5, 5.41) is 0. The summed E-state index contributed by atoms with van der Waals surface area (Å²) in [5.74, 6) is -0.370. The van der Waals surface area contributed by atoms with Crippen molar-refractivity contribution in [3.05, 3.63) is 68.4 Å². The minimum atomic E-state index is -0.291. The number of hydrogen-bond donors (Lipinski definition) is 0. The van der Waals surface area contributed by atoms with Gasteiger partial charge in [-0.25, -0.2) is 4.39 Å². The molecular weight excluding hydrogens is 401 g/mol. The lowest BCUT2D eigenvalue weighted by atomic mass is 10.1. The van der Waals surface area contributed by atoms with Gasteiger partial charge in [-0.2, -0.15) is 0 Å². The Hall–Kier alpha value is -1.20. The Balaban J connectivity index is 2.22. The Labute approximate surface area is 140 Å². The average molecular weight is 415 g/mol. The minimum absolute atomic E-state index is 0.0799. The van der Waals surface area contributed by atoms with Gasteiger partial charge in [-0.05, 0) is 42.8 Å². The molecule has 0 saturated carbocycles. The first-order valence-electron chi connectivity index (χ1n) is 6.49. The van der Waals surface area contributed by atoms with Crippen LogP contribution < -0.4 is 0 Å². The topological polar surface area (TPSA) is 20.3 Å². The summed E-state index contributed by atoms with van der Waals surface area (Å²) in [4.78, 5) is 14.2. The van der Waals surface area contributed by atoms with Crippen LogP contribution in [0, 0.1) is 5.82 Å². The lowest BCUT2D eigenvalue weighted by Crippen LogP contribution is -2.30. The molecular formula is C16H14Br2FNO. The van der Waals surface area contributed by atoms with Gasteiger partial charge in [0.25, 0.3) is 5.91 Å². The van der Waals surface area contributed by atoms with Crippen molar-refractivity contribution in [2.75, 3.05) is 6.54 Å². The van der Waals surface area contributed by atoms with E-state index < -0.39 is 0 Å². The van der Waals surface area contributed by atoms with E-state index in [4.69, 9.17) is 0 Å². The molecule has 0 bridgehead atoms. The second-order valence-electron chi connectivity index (χ2n) is 4.61. The van der Waals surface area contributed by atoms with Crippen LogP contribution in [0.4, 0.5) is 4.39 Å². The summed E-state index contributed by atoms with van der Waals surface area (Å²) in [5.41, 5.74) is 1.37. The molecule has 0 atom stereocenters. The normalized spacial score (nSPS) is 10.5. The fourth-order valence-electron chi connectivity index (χ4n) is 2.04. The van der Waals surface area contributed by atoms with Crippen LogP contribution in [0.2, 0.25) is 0 Å². The van der Waals surface area contributed by atoms with Gasteiger partial charge in [-0.1, -0.05) is 44.0 Å². The number of halogens is 3. The molecule has 2 aromatic rings. The van der Waals surface area contributed by atoms with Gasteiger partial charge >= 0.3 is 0 Å². The van der Waals surface area contributed by atoms with Crippen molar-refractivity contribution in [1.82, 2.24) is 4.90 Å². The van der Waals surface area contributed by atoms with E-state index >= 15 is 0 Å². The maximum absolute atomic E-state index is 13.2. The Morgan fingerprint density at radius 1 is 1.14 bits per heavy atom. The third-order valence-electron chi connectivity index (χ3n) is 3.04. The van der Waals surface area contributed by atoms with Crippen LogP contribution in [-0.4, -0.2) is 17.4 Å². The second-order valence-corrected chi connectivity index (χ2v) is 6.44. The number of carbonyl (C=O) groups excluding carboxylic acids is 1. The highest BCUT2D eigenvalue weighted by Gasteiger charge is 2.15. The fraction of sp³-hybridized carbons (Fsp3) is 0.188. The molecule has 110 valence electrons. The van der Waals surface area contributed by atoms with Gasteiger partial charge in [0.15, 0.2) is 0 Å². The van der Waals surface area contributed by atoms with Crippen molar-refractivity contribution in [1.29, 1.82) is 0 Å². The van der Waals surface area contributed by atoms with E-state index in [2.05, 4.69) is 31.9 Å². The van der Waals surface area contributed by atoms with Gasteiger partial charge in [0.1, 0.15) is 5.82 Å². The lowest BCUT2D eigenvalue weighted by molar-refractivity contribution is 0.0752. The number of nitrogens with zero attached hydrogens (tertiary/aromatic N) is 1. The summed E-state index contributed by atoms with van der Waals surface area (Å²) < 4.78 is 14.9. The van der Waals surface area contributed by atoms with E-state index in [1.54, 1.807) is 23.1 Å². The van der Waals surface area contributed by atoms with E-state index in [9.17, 15) is 9.18 Å². The maximum Gasteiger partial charge on any atom is 0.254 e. The average Bonchev–Trinajstić information content (AvgIpc) is 2.43. The zero-order valence-corrected chi connectivity index (χ0v) is 14.6. The molecule has 0 aliphatic carbocycles. The van der Waals surface area contributed by atoms with Crippen LogP contribution in [0.3, 0.4) is 0 Å². The summed E-state index contributed by atoms with van der Waals surface area (Å²) >= 11 is 6.76. The van der Waals surface area contributed by atoms with Crippen LogP contribution in [0.5, 0.6) is 0 Å². The molecule has 2 nitrogen and oxygen atoms in total. The van der Waals surface area contributed by atoms with E-state index in [1.807, 2.05) is 19.1 Å². The number of amides is 1. The molecule has 1 amide bonds. The van der Waals surface area contributed by atoms with Crippen molar-refractivity contribution in [3.63, 3.8) is 0 Å². The van der Waals surface area contributed by atoms with Gasteiger partial charge in [0, 0.05) is 27.6 Å². The smallest absolute Gasteiger partial charge is 0.254 e. The lowest BCUT2D eigenvalue weighted by Gasteiger charge is -2.21. The first kappa shape index (κ1) is 16.2. The van der Waals surface area contributed by atoms with Crippen molar-refractivity contribution in [3.8, 4) is 0 Å². The number of rotatable bonds is 4. The molecule has 0 aliphatic heterocycles. The second kappa shape index (κ2) is 7.18. The third-order valence-corrected chi connectivity index (χ3v) is 3.96. The maximum atomic E-state index is 13.2.